The molecule has 4 aromatic rings. The van der Waals surface area contributed by atoms with Crippen LogP contribution in [-0.2, 0) is 0 Å². The Kier molecular flexibility index (Phi) is 4.96. The normalized spacial score (nSPS) is 11.9. The molecular weight excluding hydrogens is 362 g/mol. The number of carbonyl (C=O) groups is 1. The van der Waals surface area contributed by atoms with Gasteiger partial charge in [0.25, 0.3) is 5.91 Å². The van der Waals surface area contributed by atoms with Crippen LogP contribution < -0.4 is 10.0 Å². The maximum Gasteiger partial charge on any atom is 0.252 e. The third-order valence-corrected chi connectivity index (χ3v) is 5.06. The highest BCUT2D eigenvalue weighted by atomic mass is 16.5. The number of carbonyl (C=O) groups excluding carboxylic acids is 1. The molecule has 0 aliphatic heterocycles. The van der Waals surface area contributed by atoms with E-state index in [0.717, 1.165) is 38.0 Å². The molecule has 5 heteroatoms. The first-order valence-corrected chi connectivity index (χ1v) is 9.49. The SMILES string of the molecule is Cc1c(-c2ccccc2)nc2ccccc2c1C(=O)NC(C)c1ccc[n+]([O-])c1. The number of nitrogens with one attached hydrogen (secondary N) is 1. The molecule has 144 valence electrons. The minimum absolute atomic E-state index is 0.188. The first kappa shape index (κ1) is 18.6. The average molecular weight is 383 g/mol. The van der Waals surface area contributed by atoms with Gasteiger partial charge in [-0.1, -0.05) is 48.5 Å². The fourth-order valence-corrected chi connectivity index (χ4v) is 3.56. The third kappa shape index (κ3) is 3.67. The van der Waals surface area contributed by atoms with Gasteiger partial charge in [-0.25, -0.2) is 4.98 Å². The Hall–Kier alpha value is -3.73. The van der Waals surface area contributed by atoms with E-state index in [1.165, 1.54) is 12.4 Å². The number of amides is 1. The summed E-state index contributed by atoms with van der Waals surface area (Å²) >= 11 is 0. The van der Waals surface area contributed by atoms with Crippen molar-refractivity contribution in [1.82, 2.24) is 10.3 Å². The van der Waals surface area contributed by atoms with Crippen LogP contribution in [0, 0.1) is 12.1 Å². The van der Waals surface area contributed by atoms with E-state index < -0.39 is 0 Å². The van der Waals surface area contributed by atoms with E-state index in [1.807, 2.05) is 74.5 Å². The number of para-hydroxylation sites is 1. The maximum atomic E-state index is 13.3. The second-order valence-electron chi connectivity index (χ2n) is 7.04. The van der Waals surface area contributed by atoms with E-state index in [0.29, 0.717) is 5.56 Å². The number of benzene rings is 2. The second kappa shape index (κ2) is 7.72. The van der Waals surface area contributed by atoms with Crippen molar-refractivity contribution in [3.05, 3.63) is 101 Å². The molecule has 0 saturated heterocycles. The lowest BCUT2D eigenvalue weighted by Crippen LogP contribution is -2.31. The highest BCUT2D eigenvalue weighted by molar-refractivity contribution is 6.09. The summed E-state index contributed by atoms with van der Waals surface area (Å²) in [6.07, 6.45) is 2.89. The summed E-state index contributed by atoms with van der Waals surface area (Å²) < 4.78 is 0.735. The van der Waals surface area contributed by atoms with E-state index in [2.05, 4.69) is 5.32 Å². The van der Waals surface area contributed by atoms with Crippen molar-refractivity contribution < 1.29 is 9.52 Å². The predicted molar refractivity (Wildman–Crippen MR) is 113 cm³/mol. The number of nitrogens with zero attached hydrogens (tertiary/aromatic N) is 2. The zero-order valence-corrected chi connectivity index (χ0v) is 16.3. The molecule has 0 radical (unpaired) electrons. The Labute approximate surface area is 169 Å². The monoisotopic (exact) mass is 383 g/mol. The molecule has 0 fully saturated rings. The molecule has 2 heterocycles. The van der Waals surface area contributed by atoms with Crippen molar-refractivity contribution in [1.29, 1.82) is 0 Å². The van der Waals surface area contributed by atoms with Crippen molar-refractivity contribution in [3.8, 4) is 11.3 Å². The number of pyridine rings is 2. The molecular formula is C24H21N3O2. The molecule has 4 rings (SSSR count). The standard InChI is InChI=1S/C24H21N3O2/c1-16-22(24(28)25-17(2)19-11-8-14-27(29)15-19)20-12-6-7-13-21(20)26-23(16)18-9-4-3-5-10-18/h3-15,17H,1-2H3,(H,25,28). The molecule has 1 amide bonds. The van der Waals surface area contributed by atoms with E-state index >= 15 is 0 Å². The average Bonchev–Trinajstić information content (AvgIpc) is 2.73. The quantitative estimate of drug-likeness (QED) is 0.421. The summed E-state index contributed by atoms with van der Waals surface area (Å²) in [6, 6.07) is 20.7. The zero-order chi connectivity index (χ0) is 20.4. The van der Waals surface area contributed by atoms with Crippen molar-refractivity contribution >= 4 is 16.8 Å². The zero-order valence-electron chi connectivity index (χ0n) is 16.3. The minimum atomic E-state index is -0.310. The van der Waals surface area contributed by atoms with Gasteiger partial charge < -0.3 is 10.5 Å². The van der Waals surface area contributed by atoms with Crippen LogP contribution >= 0.6 is 0 Å². The molecule has 1 unspecified atom stereocenters. The molecule has 5 nitrogen and oxygen atoms in total. The second-order valence-corrected chi connectivity index (χ2v) is 7.04. The Morgan fingerprint density at radius 2 is 1.76 bits per heavy atom. The van der Waals surface area contributed by atoms with Gasteiger partial charge in [-0.05, 0) is 31.5 Å². The van der Waals surface area contributed by atoms with Crippen LogP contribution in [0.25, 0.3) is 22.2 Å². The molecule has 0 bridgehead atoms. The fourth-order valence-electron chi connectivity index (χ4n) is 3.56. The summed E-state index contributed by atoms with van der Waals surface area (Å²) in [4.78, 5) is 18.1. The van der Waals surface area contributed by atoms with Gasteiger partial charge in [0, 0.05) is 22.6 Å². The number of fused-ring (bicyclic) bond motifs is 1. The summed E-state index contributed by atoms with van der Waals surface area (Å²) in [5, 5.41) is 15.4. The van der Waals surface area contributed by atoms with Crippen LogP contribution in [0.3, 0.4) is 0 Å². The maximum absolute atomic E-state index is 13.3. The van der Waals surface area contributed by atoms with Crippen LogP contribution in [0.5, 0.6) is 0 Å². The lowest BCUT2D eigenvalue weighted by Gasteiger charge is -2.18. The van der Waals surface area contributed by atoms with Crippen LogP contribution in [0.4, 0.5) is 0 Å². The molecule has 0 spiro atoms. The molecule has 0 aliphatic carbocycles. The molecule has 0 aliphatic rings. The molecule has 2 aromatic heterocycles. The summed E-state index contributed by atoms with van der Waals surface area (Å²) in [5.41, 5.74) is 4.70. The Morgan fingerprint density at radius 3 is 2.52 bits per heavy atom. The topological polar surface area (TPSA) is 68.9 Å². The van der Waals surface area contributed by atoms with Crippen molar-refractivity contribution in [2.75, 3.05) is 0 Å². The highest BCUT2D eigenvalue weighted by Gasteiger charge is 2.21. The first-order chi connectivity index (χ1) is 14.0. The van der Waals surface area contributed by atoms with Crippen LogP contribution in [0.15, 0.2) is 79.1 Å². The summed E-state index contributed by atoms with van der Waals surface area (Å²) in [6.45, 7) is 3.79. The molecule has 2 aromatic carbocycles. The summed E-state index contributed by atoms with van der Waals surface area (Å²) in [7, 11) is 0. The lowest BCUT2D eigenvalue weighted by atomic mass is 9.97. The van der Waals surface area contributed by atoms with E-state index in [9.17, 15) is 10.0 Å². The van der Waals surface area contributed by atoms with Gasteiger partial charge in [-0.3, -0.25) is 4.79 Å². The van der Waals surface area contributed by atoms with Gasteiger partial charge in [-0.15, -0.1) is 0 Å². The van der Waals surface area contributed by atoms with Crippen LogP contribution in [-0.4, -0.2) is 10.9 Å². The number of hydrogen-bond acceptors (Lipinski definition) is 3. The van der Waals surface area contributed by atoms with Gasteiger partial charge in [0.1, 0.15) is 0 Å². The number of hydrogen-bond donors (Lipinski definition) is 1. The van der Waals surface area contributed by atoms with Crippen molar-refractivity contribution in [3.63, 3.8) is 0 Å². The van der Waals surface area contributed by atoms with Gasteiger partial charge in [-0.2, -0.15) is 4.73 Å². The molecule has 29 heavy (non-hydrogen) atoms. The largest absolute Gasteiger partial charge is 0.619 e. The van der Waals surface area contributed by atoms with Gasteiger partial charge in [0.15, 0.2) is 12.4 Å². The van der Waals surface area contributed by atoms with Crippen molar-refractivity contribution in [2.45, 2.75) is 19.9 Å². The van der Waals surface area contributed by atoms with Crippen LogP contribution in [0.1, 0.15) is 34.5 Å². The Bertz CT molecular complexity index is 1190. The minimum Gasteiger partial charge on any atom is -0.619 e. The summed E-state index contributed by atoms with van der Waals surface area (Å²) in [5.74, 6) is -0.188. The molecule has 1 atom stereocenters. The van der Waals surface area contributed by atoms with E-state index in [-0.39, 0.29) is 11.9 Å². The lowest BCUT2D eigenvalue weighted by molar-refractivity contribution is -0.606. The van der Waals surface area contributed by atoms with Gasteiger partial charge in [0.2, 0.25) is 0 Å². The third-order valence-electron chi connectivity index (χ3n) is 5.06. The number of aromatic nitrogens is 2. The van der Waals surface area contributed by atoms with Gasteiger partial charge in [0.05, 0.1) is 22.8 Å². The first-order valence-electron chi connectivity index (χ1n) is 9.49. The van der Waals surface area contributed by atoms with Crippen molar-refractivity contribution in [2.24, 2.45) is 0 Å². The van der Waals surface area contributed by atoms with Crippen LogP contribution in [0.2, 0.25) is 0 Å². The fraction of sp³-hybridized carbons (Fsp3) is 0.125. The Morgan fingerprint density at radius 1 is 1.03 bits per heavy atom. The molecule has 0 saturated carbocycles. The van der Waals surface area contributed by atoms with E-state index in [1.54, 1.807) is 6.07 Å². The van der Waals surface area contributed by atoms with Gasteiger partial charge >= 0.3 is 0 Å². The number of rotatable bonds is 4. The molecule has 1 N–H and O–H groups in total. The smallest absolute Gasteiger partial charge is 0.252 e. The highest BCUT2D eigenvalue weighted by Crippen LogP contribution is 2.30. The van der Waals surface area contributed by atoms with E-state index in [4.69, 9.17) is 4.98 Å². The Balaban J connectivity index is 1.79. The predicted octanol–water partition coefficient (Wildman–Crippen LogP) is 4.33.